The van der Waals surface area contributed by atoms with E-state index in [-0.39, 0.29) is 17.3 Å². The van der Waals surface area contributed by atoms with E-state index in [9.17, 15) is 9.18 Å². The molecule has 1 N–H and O–H groups in total. The monoisotopic (exact) mass is 400 g/mol. The Labute approximate surface area is 171 Å². The number of aryl methyl sites for hydroxylation is 1. The van der Waals surface area contributed by atoms with Crippen LogP contribution in [0.5, 0.6) is 0 Å². The number of benzene rings is 1. The summed E-state index contributed by atoms with van der Waals surface area (Å²) in [6, 6.07) is 9.99. The fourth-order valence-electron chi connectivity index (χ4n) is 4.33. The predicted octanol–water partition coefficient (Wildman–Crippen LogP) is 3.31. The SMILES string of the molecule is Cn1cccc1CN1CCOCC2(CCN(C(=O)Nc3ccc(F)cc3)CC2)C1. The largest absolute Gasteiger partial charge is 0.379 e. The number of amides is 2. The third-order valence-electron chi connectivity index (χ3n) is 6.16. The number of carbonyl (C=O) groups is 1. The summed E-state index contributed by atoms with van der Waals surface area (Å²) in [5.74, 6) is -0.309. The molecule has 1 aromatic carbocycles. The second-order valence-corrected chi connectivity index (χ2v) is 8.30. The molecule has 1 aromatic heterocycles. The van der Waals surface area contributed by atoms with Crippen molar-refractivity contribution in [2.75, 3.05) is 44.7 Å². The topological polar surface area (TPSA) is 49.7 Å². The van der Waals surface area contributed by atoms with Crippen LogP contribution in [0.1, 0.15) is 18.5 Å². The molecule has 0 aliphatic carbocycles. The van der Waals surface area contributed by atoms with E-state index >= 15 is 0 Å². The van der Waals surface area contributed by atoms with Crippen LogP contribution >= 0.6 is 0 Å². The smallest absolute Gasteiger partial charge is 0.321 e. The van der Waals surface area contributed by atoms with Crippen molar-refractivity contribution < 1.29 is 13.9 Å². The van der Waals surface area contributed by atoms with Crippen LogP contribution in [0, 0.1) is 11.2 Å². The fourth-order valence-corrected chi connectivity index (χ4v) is 4.33. The maximum Gasteiger partial charge on any atom is 0.321 e. The summed E-state index contributed by atoms with van der Waals surface area (Å²) in [5, 5.41) is 2.86. The number of nitrogens with one attached hydrogen (secondary N) is 1. The van der Waals surface area contributed by atoms with Crippen LogP contribution in [0.2, 0.25) is 0 Å². The first-order valence-corrected chi connectivity index (χ1v) is 10.2. The Morgan fingerprint density at radius 3 is 2.62 bits per heavy atom. The molecular weight excluding hydrogens is 371 g/mol. The number of halogens is 1. The lowest BCUT2D eigenvalue weighted by Gasteiger charge is -2.42. The molecule has 0 radical (unpaired) electrons. The summed E-state index contributed by atoms with van der Waals surface area (Å²) in [6.45, 7) is 5.75. The van der Waals surface area contributed by atoms with Crippen LogP contribution in [-0.2, 0) is 18.3 Å². The summed E-state index contributed by atoms with van der Waals surface area (Å²) in [5.41, 5.74) is 2.01. The van der Waals surface area contributed by atoms with Gasteiger partial charge >= 0.3 is 6.03 Å². The average Bonchev–Trinajstić information content (AvgIpc) is 3.01. The van der Waals surface area contributed by atoms with Gasteiger partial charge in [0.2, 0.25) is 0 Å². The molecule has 6 nitrogen and oxygen atoms in total. The van der Waals surface area contributed by atoms with Crippen LogP contribution in [0.25, 0.3) is 0 Å². The van der Waals surface area contributed by atoms with Crippen molar-refractivity contribution in [1.29, 1.82) is 0 Å². The number of piperidine rings is 1. The highest BCUT2D eigenvalue weighted by Crippen LogP contribution is 2.35. The lowest BCUT2D eigenvalue weighted by Crippen LogP contribution is -2.49. The standard InChI is InChI=1S/C22H29FN4O2/c1-25-10-2-3-20(25)15-26-13-14-29-17-22(16-26)8-11-27(12-9-22)21(28)24-19-6-4-18(23)5-7-19/h2-7,10H,8-9,11-17H2,1H3,(H,24,28). The van der Waals surface area contributed by atoms with E-state index in [0.717, 1.165) is 45.7 Å². The Morgan fingerprint density at radius 2 is 1.93 bits per heavy atom. The van der Waals surface area contributed by atoms with Gasteiger partial charge in [0.15, 0.2) is 0 Å². The molecule has 0 unspecified atom stereocenters. The number of anilines is 1. The van der Waals surface area contributed by atoms with Crippen molar-refractivity contribution in [2.24, 2.45) is 12.5 Å². The quantitative estimate of drug-likeness (QED) is 0.860. The maximum atomic E-state index is 13.0. The Morgan fingerprint density at radius 1 is 1.17 bits per heavy atom. The van der Waals surface area contributed by atoms with Crippen LogP contribution in [0.3, 0.4) is 0 Å². The van der Waals surface area contributed by atoms with E-state index < -0.39 is 0 Å². The van der Waals surface area contributed by atoms with Crippen molar-refractivity contribution in [1.82, 2.24) is 14.4 Å². The third-order valence-corrected chi connectivity index (χ3v) is 6.16. The van der Waals surface area contributed by atoms with Crippen LogP contribution in [-0.4, -0.2) is 59.8 Å². The lowest BCUT2D eigenvalue weighted by atomic mass is 9.78. The minimum atomic E-state index is -0.309. The second-order valence-electron chi connectivity index (χ2n) is 8.30. The molecule has 7 heteroatoms. The van der Waals surface area contributed by atoms with Gasteiger partial charge in [-0.1, -0.05) is 0 Å². The first kappa shape index (κ1) is 19.9. The average molecular weight is 400 g/mol. The van der Waals surface area contributed by atoms with Gasteiger partial charge in [0.25, 0.3) is 0 Å². The Bertz CT molecular complexity index is 828. The highest BCUT2D eigenvalue weighted by Gasteiger charge is 2.39. The number of ether oxygens (including phenoxy) is 1. The number of rotatable bonds is 3. The Hall–Kier alpha value is -2.38. The molecule has 2 fully saturated rings. The number of urea groups is 1. The molecule has 2 aliphatic heterocycles. The van der Waals surface area contributed by atoms with Crippen molar-refractivity contribution in [3.8, 4) is 0 Å². The summed E-state index contributed by atoms with van der Waals surface area (Å²) in [6.07, 6.45) is 3.93. The fraction of sp³-hybridized carbons (Fsp3) is 0.500. The molecular formula is C22H29FN4O2. The van der Waals surface area contributed by atoms with E-state index in [1.165, 1.54) is 17.8 Å². The van der Waals surface area contributed by atoms with Gasteiger partial charge in [-0.2, -0.15) is 0 Å². The number of likely N-dealkylation sites (tertiary alicyclic amines) is 1. The molecule has 29 heavy (non-hydrogen) atoms. The molecule has 2 aliphatic rings. The number of carbonyl (C=O) groups excluding carboxylic acids is 1. The van der Waals surface area contributed by atoms with Crippen molar-refractivity contribution in [2.45, 2.75) is 19.4 Å². The molecule has 2 saturated heterocycles. The Balaban J connectivity index is 1.34. The second kappa shape index (κ2) is 8.55. The molecule has 1 spiro atoms. The van der Waals surface area contributed by atoms with Gasteiger partial charge in [-0.05, 0) is 49.2 Å². The Kier molecular flexibility index (Phi) is 5.87. The van der Waals surface area contributed by atoms with E-state index in [1.54, 1.807) is 12.1 Å². The first-order valence-electron chi connectivity index (χ1n) is 10.2. The van der Waals surface area contributed by atoms with E-state index in [2.05, 4.69) is 40.2 Å². The van der Waals surface area contributed by atoms with Crippen molar-refractivity contribution in [3.63, 3.8) is 0 Å². The predicted molar refractivity (Wildman–Crippen MR) is 110 cm³/mol. The van der Waals surface area contributed by atoms with Gasteiger partial charge in [0.1, 0.15) is 5.82 Å². The van der Waals surface area contributed by atoms with Crippen LogP contribution < -0.4 is 5.32 Å². The molecule has 3 heterocycles. The van der Waals surface area contributed by atoms with Gasteiger partial charge in [-0.15, -0.1) is 0 Å². The normalized spacial score (nSPS) is 19.9. The molecule has 4 rings (SSSR count). The zero-order valence-corrected chi connectivity index (χ0v) is 16.9. The zero-order chi connectivity index (χ0) is 20.3. The molecule has 156 valence electrons. The first-order chi connectivity index (χ1) is 14.0. The summed E-state index contributed by atoms with van der Waals surface area (Å²) in [7, 11) is 2.08. The highest BCUT2D eigenvalue weighted by molar-refractivity contribution is 5.89. The molecule has 0 saturated carbocycles. The van der Waals surface area contributed by atoms with Gasteiger partial charge in [0, 0.05) is 62.8 Å². The molecule has 2 amide bonds. The highest BCUT2D eigenvalue weighted by atomic mass is 19.1. The number of hydrogen-bond donors (Lipinski definition) is 1. The van der Waals surface area contributed by atoms with Crippen LogP contribution in [0.4, 0.5) is 14.9 Å². The van der Waals surface area contributed by atoms with E-state index in [0.29, 0.717) is 18.8 Å². The number of nitrogens with zero attached hydrogens (tertiary/aromatic N) is 3. The molecule has 0 atom stereocenters. The van der Waals surface area contributed by atoms with E-state index in [1.807, 2.05) is 4.90 Å². The van der Waals surface area contributed by atoms with Crippen LogP contribution in [0.15, 0.2) is 42.6 Å². The number of hydrogen-bond acceptors (Lipinski definition) is 3. The lowest BCUT2D eigenvalue weighted by molar-refractivity contribution is 0.0241. The zero-order valence-electron chi connectivity index (χ0n) is 16.9. The maximum absolute atomic E-state index is 13.0. The van der Waals surface area contributed by atoms with Crippen molar-refractivity contribution >= 4 is 11.7 Å². The molecule has 0 bridgehead atoms. The van der Waals surface area contributed by atoms with Gasteiger partial charge in [0.05, 0.1) is 13.2 Å². The minimum Gasteiger partial charge on any atom is -0.379 e. The van der Waals surface area contributed by atoms with Gasteiger partial charge in [-0.25, -0.2) is 9.18 Å². The summed E-state index contributed by atoms with van der Waals surface area (Å²) in [4.78, 5) is 16.9. The minimum absolute atomic E-state index is 0.0916. The number of aromatic nitrogens is 1. The van der Waals surface area contributed by atoms with Gasteiger partial charge < -0.3 is 19.5 Å². The van der Waals surface area contributed by atoms with Crippen molar-refractivity contribution in [3.05, 3.63) is 54.1 Å². The third kappa shape index (κ3) is 4.79. The van der Waals surface area contributed by atoms with Gasteiger partial charge in [-0.3, -0.25) is 4.90 Å². The van der Waals surface area contributed by atoms with E-state index in [4.69, 9.17) is 4.74 Å². The summed E-state index contributed by atoms with van der Waals surface area (Å²) >= 11 is 0. The summed E-state index contributed by atoms with van der Waals surface area (Å²) < 4.78 is 21.2. The molecule has 2 aromatic rings.